The van der Waals surface area contributed by atoms with Crippen molar-refractivity contribution in [2.75, 3.05) is 26.5 Å². The molecule has 0 bridgehead atoms. The molecule has 0 saturated carbocycles. The van der Waals surface area contributed by atoms with Crippen molar-refractivity contribution >= 4 is 22.5 Å². The number of allylic oxidation sites excluding steroid dienone is 2. The van der Waals surface area contributed by atoms with Crippen LogP contribution in [0.25, 0.3) is 0 Å². The monoisotopic (exact) mass is 322 g/mol. The molecule has 1 aliphatic carbocycles. The Balaban J connectivity index is 1.64. The van der Waals surface area contributed by atoms with Crippen molar-refractivity contribution in [2.24, 2.45) is 0 Å². The zero-order chi connectivity index (χ0) is 15.0. The Hall–Kier alpha value is -0.520. The van der Waals surface area contributed by atoms with E-state index in [1.54, 1.807) is 14.2 Å². The maximum atomic E-state index is 5.42. The Morgan fingerprint density at radius 2 is 1.76 bits per heavy atom. The van der Waals surface area contributed by atoms with Gasteiger partial charge in [-0.05, 0) is 35.4 Å². The van der Waals surface area contributed by atoms with Crippen molar-refractivity contribution in [3.63, 3.8) is 0 Å². The molecule has 2 nitrogen and oxygen atoms in total. The standard InChI is InChI=1S/C17H24O2P2/c1-18-17(19-2)11-9-16(10-12-17)21-14-6-13-20-15-7-4-3-5-8-15/h3-5,7-11,20-21H,6,12-14H2,1-2H3. The van der Waals surface area contributed by atoms with Crippen LogP contribution < -0.4 is 5.30 Å². The third-order valence-corrected chi connectivity index (χ3v) is 6.33. The van der Waals surface area contributed by atoms with Gasteiger partial charge in [-0.1, -0.05) is 59.6 Å². The third kappa shape index (κ3) is 5.31. The molecule has 0 fully saturated rings. The Morgan fingerprint density at radius 3 is 2.38 bits per heavy atom. The van der Waals surface area contributed by atoms with Gasteiger partial charge >= 0.3 is 0 Å². The Morgan fingerprint density at radius 1 is 1.05 bits per heavy atom. The van der Waals surface area contributed by atoms with Gasteiger partial charge in [-0.3, -0.25) is 0 Å². The number of rotatable bonds is 8. The summed E-state index contributed by atoms with van der Waals surface area (Å²) in [6, 6.07) is 10.8. The van der Waals surface area contributed by atoms with E-state index in [1.165, 1.54) is 29.4 Å². The van der Waals surface area contributed by atoms with Gasteiger partial charge in [0.2, 0.25) is 0 Å². The van der Waals surface area contributed by atoms with Crippen molar-refractivity contribution in [1.82, 2.24) is 0 Å². The second-order valence-electron chi connectivity index (χ2n) is 4.99. The van der Waals surface area contributed by atoms with Gasteiger partial charge in [-0.15, -0.1) is 0 Å². The summed E-state index contributed by atoms with van der Waals surface area (Å²) in [7, 11) is 5.22. The van der Waals surface area contributed by atoms with Crippen LogP contribution in [0.4, 0.5) is 0 Å². The summed E-state index contributed by atoms with van der Waals surface area (Å²) in [4.78, 5) is 0. The molecule has 2 rings (SSSR count). The molecule has 2 unspecified atom stereocenters. The molecule has 2 atom stereocenters. The zero-order valence-corrected chi connectivity index (χ0v) is 14.8. The first-order chi connectivity index (χ1) is 10.3. The molecule has 0 spiro atoms. The van der Waals surface area contributed by atoms with Gasteiger partial charge < -0.3 is 9.47 Å². The second kappa shape index (κ2) is 8.81. The lowest BCUT2D eigenvalue weighted by Gasteiger charge is -2.29. The van der Waals surface area contributed by atoms with Crippen LogP contribution in [0, 0.1) is 0 Å². The Bertz CT molecular complexity index is 479. The number of benzene rings is 1. The maximum absolute atomic E-state index is 5.42. The summed E-state index contributed by atoms with van der Waals surface area (Å²) in [5, 5.41) is 2.91. The lowest BCUT2D eigenvalue weighted by Crippen LogP contribution is -2.31. The molecule has 0 N–H and O–H groups in total. The van der Waals surface area contributed by atoms with Gasteiger partial charge in [0.25, 0.3) is 0 Å². The van der Waals surface area contributed by atoms with E-state index in [1.807, 2.05) is 6.08 Å². The highest BCUT2D eigenvalue weighted by Gasteiger charge is 2.26. The number of ether oxygens (including phenoxy) is 2. The van der Waals surface area contributed by atoms with E-state index in [2.05, 4.69) is 42.5 Å². The van der Waals surface area contributed by atoms with Crippen LogP contribution in [0.15, 0.2) is 53.9 Å². The molecule has 1 aromatic rings. The third-order valence-electron chi connectivity index (χ3n) is 3.60. The van der Waals surface area contributed by atoms with E-state index in [0.29, 0.717) is 0 Å². The lowest BCUT2D eigenvalue weighted by atomic mass is 10.1. The summed E-state index contributed by atoms with van der Waals surface area (Å²) in [5.41, 5.74) is 0. The maximum Gasteiger partial charge on any atom is 0.190 e. The molecule has 1 aliphatic rings. The molecule has 0 aromatic heterocycles. The molecule has 0 amide bonds. The molecule has 0 aliphatic heterocycles. The number of hydrogen-bond donors (Lipinski definition) is 0. The van der Waals surface area contributed by atoms with Gasteiger partial charge in [-0.2, -0.15) is 0 Å². The topological polar surface area (TPSA) is 18.5 Å². The van der Waals surface area contributed by atoms with Gasteiger partial charge in [-0.25, -0.2) is 0 Å². The van der Waals surface area contributed by atoms with Crippen LogP contribution in [0.1, 0.15) is 12.8 Å². The van der Waals surface area contributed by atoms with E-state index >= 15 is 0 Å². The molecule has 21 heavy (non-hydrogen) atoms. The van der Waals surface area contributed by atoms with Crippen LogP contribution in [0.2, 0.25) is 0 Å². The first kappa shape index (κ1) is 16.8. The van der Waals surface area contributed by atoms with E-state index in [0.717, 1.165) is 23.6 Å². The van der Waals surface area contributed by atoms with Crippen molar-refractivity contribution in [3.8, 4) is 0 Å². The highest BCUT2D eigenvalue weighted by molar-refractivity contribution is 7.47. The quantitative estimate of drug-likeness (QED) is 0.411. The highest BCUT2D eigenvalue weighted by Crippen LogP contribution is 2.34. The molecular formula is C17H24O2P2. The van der Waals surface area contributed by atoms with E-state index in [9.17, 15) is 0 Å². The minimum absolute atomic E-state index is 0.539. The van der Waals surface area contributed by atoms with Crippen molar-refractivity contribution in [3.05, 3.63) is 53.9 Å². The fourth-order valence-corrected chi connectivity index (χ4v) is 4.75. The Labute approximate surface area is 131 Å². The van der Waals surface area contributed by atoms with Gasteiger partial charge in [0.1, 0.15) is 0 Å². The molecule has 114 valence electrons. The molecule has 1 aromatic carbocycles. The van der Waals surface area contributed by atoms with E-state index in [-0.39, 0.29) is 0 Å². The predicted molar refractivity (Wildman–Crippen MR) is 95.6 cm³/mol. The lowest BCUT2D eigenvalue weighted by molar-refractivity contribution is -0.167. The SMILES string of the molecule is COC1(OC)C=CC(PCCCPc2ccccc2)=CC1. The van der Waals surface area contributed by atoms with E-state index in [4.69, 9.17) is 9.47 Å². The number of methoxy groups -OCH3 is 2. The minimum Gasteiger partial charge on any atom is -0.349 e. The van der Waals surface area contributed by atoms with Crippen LogP contribution >= 0.6 is 17.2 Å². The predicted octanol–water partition coefficient (Wildman–Crippen LogP) is 3.89. The van der Waals surface area contributed by atoms with Gasteiger partial charge in [0.05, 0.1) is 0 Å². The van der Waals surface area contributed by atoms with Crippen molar-refractivity contribution < 1.29 is 9.47 Å². The molecule has 0 saturated heterocycles. The van der Waals surface area contributed by atoms with Crippen LogP contribution in [-0.2, 0) is 9.47 Å². The van der Waals surface area contributed by atoms with E-state index < -0.39 is 5.79 Å². The zero-order valence-electron chi connectivity index (χ0n) is 12.8. The smallest absolute Gasteiger partial charge is 0.190 e. The summed E-state index contributed by atoms with van der Waals surface area (Å²) < 4.78 is 10.8. The highest BCUT2D eigenvalue weighted by atomic mass is 31.1. The summed E-state index contributed by atoms with van der Waals surface area (Å²) in [5.74, 6) is -0.539. The first-order valence-electron chi connectivity index (χ1n) is 7.30. The summed E-state index contributed by atoms with van der Waals surface area (Å²) >= 11 is 0. The molecular weight excluding hydrogens is 298 g/mol. The number of hydrogen-bond acceptors (Lipinski definition) is 2. The Kier molecular flexibility index (Phi) is 7.07. The molecule has 0 radical (unpaired) electrons. The van der Waals surface area contributed by atoms with Crippen LogP contribution in [0.3, 0.4) is 0 Å². The van der Waals surface area contributed by atoms with Crippen LogP contribution in [0.5, 0.6) is 0 Å². The fourth-order valence-electron chi connectivity index (χ4n) is 2.23. The largest absolute Gasteiger partial charge is 0.349 e. The normalized spacial score (nSPS) is 17.9. The summed E-state index contributed by atoms with van der Waals surface area (Å²) in [6.07, 6.45) is 11.2. The average molecular weight is 322 g/mol. The summed E-state index contributed by atoms with van der Waals surface area (Å²) in [6.45, 7) is 0. The van der Waals surface area contributed by atoms with Crippen molar-refractivity contribution in [1.29, 1.82) is 0 Å². The van der Waals surface area contributed by atoms with Crippen LogP contribution in [-0.4, -0.2) is 32.3 Å². The first-order valence-corrected chi connectivity index (χ1v) is 9.72. The molecule has 0 heterocycles. The van der Waals surface area contributed by atoms with Crippen molar-refractivity contribution in [2.45, 2.75) is 18.6 Å². The average Bonchev–Trinajstić information content (AvgIpc) is 2.56. The fraction of sp³-hybridized carbons (Fsp3) is 0.412. The van der Waals surface area contributed by atoms with Gasteiger partial charge in [0, 0.05) is 20.6 Å². The minimum atomic E-state index is -0.539. The molecule has 4 heteroatoms. The second-order valence-corrected chi connectivity index (χ2v) is 7.85. The van der Waals surface area contributed by atoms with Gasteiger partial charge in [0.15, 0.2) is 5.79 Å².